The highest BCUT2D eigenvalue weighted by Gasteiger charge is 2.42. The Morgan fingerprint density at radius 1 is 1.37 bits per heavy atom. The van der Waals surface area contributed by atoms with Crippen molar-refractivity contribution in [1.82, 2.24) is 15.3 Å². The van der Waals surface area contributed by atoms with Gasteiger partial charge in [0.2, 0.25) is 11.9 Å². The van der Waals surface area contributed by atoms with Gasteiger partial charge < -0.3 is 25.8 Å². The zero-order valence-electron chi connectivity index (χ0n) is 21.6. The number of carbonyl (C=O) groups is 1. The number of nitrogens with one attached hydrogen (secondary N) is 3. The van der Waals surface area contributed by atoms with Crippen molar-refractivity contribution < 1.29 is 19.0 Å². The highest BCUT2D eigenvalue weighted by atomic mass is 19.1. The predicted molar refractivity (Wildman–Crippen MR) is 141 cm³/mol. The molecule has 1 aromatic carbocycles. The fraction of sp³-hybridized carbons (Fsp3) is 0.429. The monoisotopic (exact) mass is 518 g/mol. The number of aliphatic hydroxyl groups excluding tert-OH is 1. The van der Waals surface area contributed by atoms with Crippen LogP contribution in [0.1, 0.15) is 31.9 Å². The van der Waals surface area contributed by atoms with Crippen LogP contribution in [-0.2, 0) is 14.9 Å². The number of carbonyl (C=O) groups excluding carboxylic acids is 1. The molecular weight excluding hydrogens is 487 g/mol. The van der Waals surface area contributed by atoms with Crippen LogP contribution in [0.25, 0.3) is 11.3 Å². The summed E-state index contributed by atoms with van der Waals surface area (Å²) in [4.78, 5) is 21.9. The van der Waals surface area contributed by atoms with E-state index in [1.165, 1.54) is 6.08 Å². The second kappa shape index (κ2) is 9.82. The van der Waals surface area contributed by atoms with Crippen LogP contribution >= 0.6 is 0 Å². The maximum atomic E-state index is 15.1. The summed E-state index contributed by atoms with van der Waals surface area (Å²) in [6, 6.07) is 7.67. The quantitative estimate of drug-likeness (QED) is 0.440. The zero-order valence-corrected chi connectivity index (χ0v) is 21.6. The third-order valence-corrected chi connectivity index (χ3v) is 7.70. The standard InChI is InChI=1S/C28H31FN6O3/c1-16-6-23(29)28(3,25(37)32-11-17-12-38-13-17)9-22(16)35-26-31-5-4-21(34-26)18-7-19(10-30)24-20(8-18)27(2,15-36)14-33-24/h4-9,17,23,33,36H,11-15H2,1-3H3,(H,32,37)(H,31,34,35)/t23?,27-,28?/m1/s1. The lowest BCUT2D eigenvalue weighted by Gasteiger charge is -2.33. The van der Waals surface area contributed by atoms with E-state index in [1.807, 2.05) is 13.0 Å². The Bertz CT molecular complexity index is 1380. The van der Waals surface area contributed by atoms with Gasteiger partial charge in [-0.2, -0.15) is 5.26 Å². The number of allylic oxidation sites excluding steroid dienone is 2. The highest BCUT2D eigenvalue weighted by Crippen LogP contribution is 2.41. The minimum absolute atomic E-state index is 0.0615. The number of halogens is 1. The van der Waals surface area contributed by atoms with Crippen molar-refractivity contribution in [2.75, 3.05) is 43.5 Å². The Morgan fingerprint density at radius 2 is 2.16 bits per heavy atom. The molecule has 0 saturated carbocycles. The van der Waals surface area contributed by atoms with E-state index >= 15 is 4.39 Å². The van der Waals surface area contributed by atoms with Gasteiger partial charge in [-0.05, 0) is 55.3 Å². The van der Waals surface area contributed by atoms with Crippen LogP contribution < -0.4 is 16.0 Å². The van der Waals surface area contributed by atoms with Crippen LogP contribution in [0, 0.1) is 22.7 Å². The van der Waals surface area contributed by atoms with Crippen molar-refractivity contribution in [3.63, 3.8) is 0 Å². The lowest BCUT2D eigenvalue weighted by Crippen LogP contribution is -2.48. The first-order valence-electron chi connectivity index (χ1n) is 12.6. The number of nitrogens with zero attached hydrogens (tertiary/aromatic N) is 3. The molecule has 0 radical (unpaired) electrons. The van der Waals surface area contributed by atoms with Crippen molar-refractivity contribution in [2.24, 2.45) is 11.3 Å². The van der Waals surface area contributed by atoms with Crippen LogP contribution in [0.2, 0.25) is 0 Å². The van der Waals surface area contributed by atoms with E-state index < -0.39 is 22.9 Å². The first kappa shape index (κ1) is 25.8. The molecule has 2 aromatic rings. The van der Waals surface area contributed by atoms with E-state index in [4.69, 9.17) is 4.74 Å². The molecule has 1 amide bonds. The molecule has 10 heteroatoms. The van der Waals surface area contributed by atoms with Crippen molar-refractivity contribution in [2.45, 2.75) is 32.4 Å². The third kappa shape index (κ3) is 4.52. The van der Waals surface area contributed by atoms with Gasteiger partial charge in [-0.25, -0.2) is 14.4 Å². The number of rotatable bonds is 7. The summed E-state index contributed by atoms with van der Waals surface area (Å²) in [6.07, 6.45) is 3.14. The molecular formula is C28H31FN6O3. The van der Waals surface area contributed by atoms with Gasteiger partial charge in [0.1, 0.15) is 17.7 Å². The van der Waals surface area contributed by atoms with Crippen molar-refractivity contribution in [1.29, 1.82) is 5.26 Å². The van der Waals surface area contributed by atoms with E-state index in [1.54, 1.807) is 38.3 Å². The molecule has 3 aliphatic rings. The summed E-state index contributed by atoms with van der Waals surface area (Å²) in [5.74, 6) is 0.138. The Labute approximate surface area is 220 Å². The highest BCUT2D eigenvalue weighted by molar-refractivity contribution is 5.86. The zero-order chi connectivity index (χ0) is 27.1. The van der Waals surface area contributed by atoms with Gasteiger partial charge in [0.15, 0.2) is 0 Å². The summed E-state index contributed by atoms with van der Waals surface area (Å²) in [6.45, 7) is 7.40. The first-order chi connectivity index (χ1) is 18.2. The van der Waals surface area contributed by atoms with Gasteiger partial charge in [0.25, 0.3) is 0 Å². The largest absolute Gasteiger partial charge is 0.395 e. The number of amides is 1. The lowest BCUT2D eigenvalue weighted by atomic mass is 9.78. The molecule has 5 rings (SSSR count). The predicted octanol–water partition coefficient (Wildman–Crippen LogP) is 3.05. The molecule has 1 aromatic heterocycles. The van der Waals surface area contributed by atoms with Crippen LogP contribution in [-0.4, -0.2) is 60.1 Å². The number of nitriles is 1. The van der Waals surface area contributed by atoms with Crippen LogP contribution in [0.3, 0.4) is 0 Å². The number of benzene rings is 1. The number of aliphatic hydroxyl groups is 1. The second-order valence-electron chi connectivity index (χ2n) is 10.7. The Morgan fingerprint density at radius 3 is 2.84 bits per heavy atom. The summed E-state index contributed by atoms with van der Waals surface area (Å²) >= 11 is 0. The molecule has 3 heterocycles. The van der Waals surface area contributed by atoms with Gasteiger partial charge in [-0.1, -0.05) is 6.92 Å². The van der Waals surface area contributed by atoms with E-state index in [9.17, 15) is 15.2 Å². The van der Waals surface area contributed by atoms with Crippen molar-refractivity contribution in [3.8, 4) is 17.3 Å². The maximum Gasteiger partial charge on any atom is 0.233 e. The Hall–Kier alpha value is -3.81. The van der Waals surface area contributed by atoms with E-state index in [0.29, 0.717) is 54.4 Å². The number of aromatic nitrogens is 2. The SMILES string of the molecule is CC1=CC(F)C(C)(C(=O)NCC2COC2)C=C1Nc1nccc(-c2cc(C#N)c3c(c2)[C@@](C)(CO)CN3)n1. The number of fused-ring (bicyclic) bond motifs is 1. The molecule has 2 unspecified atom stereocenters. The molecule has 1 fully saturated rings. The topological polar surface area (TPSA) is 132 Å². The number of ether oxygens (including phenoxy) is 1. The molecule has 9 nitrogen and oxygen atoms in total. The van der Waals surface area contributed by atoms with Crippen molar-refractivity contribution in [3.05, 3.63) is 58.9 Å². The fourth-order valence-electron chi connectivity index (χ4n) is 4.90. The van der Waals surface area contributed by atoms with Gasteiger partial charge in [-0.15, -0.1) is 0 Å². The number of hydrogen-bond donors (Lipinski definition) is 4. The number of alkyl halides is 1. The minimum Gasteiger partial charge on any atom is -0.395 e. The van der Waals surface area contributed by atoms with Gasteiger partial charge >= 0.3 is 0 Å². The summed E-state index contributed by atoms with van der Waals surface area (Å²) in [5, 5.41) is 29.0. The normalized spacial score (nSPS) is 26.3. The Kier molecular flexibility index (Phi) is 6.67. The van der Waals surface area contributed by atoms with E-state index in [2.05, 4.69) is 32.0 Å². The maximum absolute atomic E-state index is 15.1. The Balaban J connectivity index is 1.42. The smallest absolute Gasteiger partial charge is 0.233 e. The van der Waals surface area contributed by atoms with Crippen LogP contribution in [0.4, 0.5) is 16.0 Å². The van der Waals surface area contributed by atoms with Gasteiger partial charge in [-0.3, -0.25) is 4.79 Å². The number of anilines is 2. The molecule has 4 N–H and O–H groups in total. The molecule has 0 bridgehead atoms. The molecule has 198 valence electrons. The van der Waals surface area contributed by atoms with E-state index in [0.717, 1.165) is 11.3 Å². The molecule has 38 heavy (non-hydrogen) atoms. The van der Waals surface area contributed by atoms with E-state index in [-0.39, 0.29) is 18.5 Å². The van der Waals surface area contributed by atoms with Gasteiger partial charge in [0.05, 0.1) is 36.8 Å². The van der Waals surface area contributed by atoms with Crippen molar-refractivity contribution >= 4 is 17.5 Å². The molecule has 1 saturated heterocycles. The first-order valence-corrected chi connectivity index (χ1v) is 12.6. The van der Waals surface area contributed by atoms with Gasteiger partial charge in [0, 0.05) is 41.9 Å². The average Bonchev–Trinajstić information content (AvgIpc) is 3.23. The average molecular weight is 519 g/mol. The van der Waals surface area contributed by atoms with Crippen LogP contribution in [0.15, 0.2) is 47.8 Å². The molecule has 0 spiro atoms. The minimum atomic E-state index is -1.48. The summed E-state index contributed by atoms with van der Waals surface area (Å²) in [7, 11) is 0. The second-order valence-corrected chi connectivity index (χ2v) is 10.7. The third-order valence-electron chi connectivity index (χ3n) is 7.70. The lowest BCUT2D eigenvalue weighted by molar-refractivity contribution is -0.131. The molecule has 3 atom stereocenters. The summed E-state index contributed by atoms with van der Waals surface area (Å²) < 4.78 is 20.3. The molecule has 2 aliphatic heterocycles. The van der Waals surface area contributed by atoms with Crippen LogP contribution in [0.5, 0.6) is 0 Å². The fourth-order valence-corrected chi connectivity index (χ4v) is 4.90. The number of hydrogen-bond acceptors (Lipinski definition) is 8. The summed E-state index contributed by atoms with van der Waals surface area (Å²) in [5.41, 5.74) is 2.64. The molecule has 1 aliphatic carbocycles.